The highest BCUT2D eigenvalue weighted by atomic mass is 16.5. The number of nitrogens with one attached hydrogen (secondary N) is 2. The van der Waals surface area contributed by atoms with Crippen molar-refractivity contribution in [3.63, 3.8) is 0 Å². The number of nitrogens with zero attached hydrogens (tertiary/aromatic N) is 2. The molecule has 2 fully saturated rings. The van der Waals surface area contributed by atoms with Gasteiger partial charge in [-0.3, -0.25) is 9.59 Å². The first kappa shape index (κ1) is 22.9. The highest BCUT2D eigenvalue weighted by Crippen LogP contribution is 2.33. The van der Waals surface area contributed by atoms with Crippen molar-refractivity contribution < 1.29 is 19.1 Å². The lowest BCUT2D eigenvalue weighted by atomic mass is 10.1. The zero-order chi connectivity index (χ0) is 23.2. The molecule has 0 aromatic heterocycles. The van der Waals surface area contributed by atoms with Crippen LogP contribution in [0.5, 0.6) is 5.75 Å². The number of benzene rings is 2. The Morgan fingerprint density at radius 1 is 0.970 bits per heavy atom. The predicted octanol–water partition coefficient (Wildman–Crippen LogP) is 2.75. The molecular weight excluding hydrogens is 420 g/mol. The molecule has 0 spiro atoms. The van der Waals surface area contributed by atoms with Crippen molar-refractivity contribution in [3.05, 3.63) is 48.0 Å². The summed E-state index contributed by atoms with van der Waals surface area (Å²) in [6, 6.07) is 13.6. The zero-order valence-corrected chi connectivity index (χ0v) is 19.3. The standard InChI is InChI=1S/C25H32N4O4/c1-32-16-11-26-25(31)20-17-19(27-24(30)18-7-8-18)9-10-21(20)28-12-14-29(15-13-28)22-5-3-4-6-23(22)33-2/h3-6,9-10,17-18H,7-8,11-16H2,1-2H3,(H,26,31)(H,27,30). The Kier molecular flexibility index (Phi) is 7.34. The van der Waals surface area contributed by atoms with E-state index in [1.54, 1.807) is 20.3 Å². The summed E-state index contributed by atoms with van der Waals surface area (Å²) in [7, 11) is 3.29. The van der Waals surface area contributed by atoms with Gasteiger partial charge < -0.3 is 29.9 Å². The minimum atomic E-state index is -0.170. The molecule has 2 amide bonds. The van der Waals surface area contributed by atoms with Gasteiger partial charge in [0.1, 0.15) is 5.75 Å². The van der Waals surface area contributed by atoms with Gasteiger partial charge in [0.05, 0.1) is 25.0 Å². The quantitative estimate of drug-likeness (QED) is 0.570. The normalized spacial score (nSPS) is 15.8. The molecule has 0 unspecified atom stereocenters. The van der Waals surface area contributed by atoms with E-state index in [-0.39, 0.29) is 17.7 Å². The van der Waals surface area contributed by atoms with Crippen molar-refractivity contribution in [2.75, 3.05) is 68.7 Å². The molecule has 1 heterocycles. The van der Waals surface area contributed by atoms with Crippen molar-refractivity contribution in [2.24, 2.45) is 5.92 Å². The van der Waals surface area contributed by atoms with Gasteiger partial charge in [0.2, 0.25) is 5.91 Å². The van der Waals surface area contributed by atoms with Crippen LogP contribution in [0.2, 0.25) is 0 Å². The van der Waals surface area contributed by atoms with Gasteiger partial charge in [-0.1, -0.05) is 12.1 Å². The summed E-state index contributed by atoms with van der Waals surface area (Å²) in [6.45, 7) is 4.02. The molecule has 2 aromatic carbocycles. The Labute approximate surface area is 194 Å². The smallest absolute Gasteiger partial charge is 0.253 e. The fourth-order valence-electron chi connectivity index (χ4n) is 4.10. The minimum absolute atomic E-state index is 0.0268. The maximum absolute atomic E-state index is 13.0. The van der Waals surface area contributed by atoms with Crippen molar-refractivity contribution in [1.29, 1.82) is 0 Å². The Morgan fingerprint density at radius 3 is 2.33 bits per heavy atom. The van der Waals surface area contributed by atoms with E-state index in [4.69, 9.17) is 9.47 Å². The number of hydrogen-bond donors (Lipinski definition) is 2. The van der Waals surface area contributed by atoms with E-state index in [1.807, 2.05) is 30.3 Å². The highest BCUT2D eigenvalue weighted by molar-refractivity contribution is 6.02. The van der Waals surface area contributed by atoms with Crippen LogP contribution in [-0.2, 0) is 9.53 Å². The van der Waals surface area contributed by atoms with Crippen LogP contribution in [0.4, 0.5) is 17.1 Å². The topological polar surface area (TPSA) is 83.1 Å². The van der Waals surface area contributed by atoms with Gasteiger partial charge in [-0.2, -0.15) is 0 Å². The fourth-order valence-corrected chi connectivity index (χ4v) is 4.10. The number of ether oxygens (including phenoxy) is 2. The summed E-state index contributed by atoms with van der Waals surface area (Å²) in [5.74, 6) is 0.822. The first-order valence-corrected chi connectivity index (χ1v) is 11.5. The average molecular weight is 453 g/mol. The molecule has 1 aliphatic carbocycles. The Bertz CT molecular complexity index is 984. The third-order valence-electron chi connectivity index (χ3n) is 6.09. The van der Waals surface area contributed by atoms with E-state index in [9.17, 15) is 9.59 Å². The molecule has 0 radical (unpaired) electrons. The van der Waals surface area contributed by atoms with Gasteiger partial charge in [-0.15, -0.1) is 0 Å². The molecule has 0 bridgehead atoms. The Balaban J connectivity index is 1.50. The number of hydrogen-bond acceptors (Lipinski definition) is 6. The summed E-state index contributed by atoms with van der Waals surface area (Å²) in [4.78, 5) is 29.8. The van der Waals surface area contributed by atoms with E-state index >= 15 is 0 Å². The summed E-state index contributed by atoms with van der Waals surface area (Å²) in [5, 5.41) is 5.87. The lowest BCUT2D eigenvalue weighted by Gasteiger charge is -2.38. The third kappa shape index (κ3) is 5.57. The predicted molar refractivity (Wildman–Crippen MR) is 129 cm³/mol. The van der Waals surface area contributed by atoms with E-state index in [0.29, 0.717) is 24.4 Å². The number of amides is 2. The van der Waals surface area contributed by atoms with Gasteiger partial charge in [0.15, 0.2) is 0 Å². The third-order valence-corrected chi connectivity index (χ3v) is 6.09. The second kappa shape index (κ2) is 10.6. The number of para-hydroxylation sites is 2. The monoisotopic (exact) mass is 452 g/mol. The van der Waals surface area contributed by atoms with Crippen LogP contribution in [0, 0.1) is 5.92 Å². The van der Waals surface area contributed by atoms with Crippen molar-refractivity contribution >= 4 is 28.9 Å². The van der Waals surface area contributed by atoms with Gasteiger partial charge in [0, 0.05) is 57.1 Å². The van der Waals surface area contributed by atoms with E-state index in [0.717, 1.165) is 56.1 Å². The van der Waals surface area contributed by atoms with Crippen LogP contribution in [0.1, 0.15) is 23.2 Å². The van der Waals surface area contributed by atoms with Crippen LogP contribution >= 0.6 is 0 Å². The fraction of sp³-hybridized carbons (Fsp3) is 0.440. The molecule has 33 heavy (non-hydrogen) atoms. The summed E-state index contributed by atoms with van der Waals surface area (Å²) < 4.78 is 10.6. The molecule has 2 N–H and O–H groups in total. The number of methoxy groups -OCH3 is 2. The lowest BCUT2D eigenvalue weighted by molar-refractivity contribution is -0.117. The number of carbonyl (C=O) groups excluding carboxylic acids is 2. The number of piperazine rings is 1. The van der Waals surface area contributed by atoms with Crippen LogP contribution in [0.3, 0.4) is 0 Å². The van der Waals surface area contributed by atoms with Crippen molar-refractivity contribution in [1.82, 2.24) is 5.32 Å². The van der Waals surface area contributed by atoms with Crippen LogP contribution in [-0.4, -0.2) is 65.4 Å². The van der Waals surface area contributed by atoms with E-state index in [2.05, 4.69) is 26.5 Å². The largest absolute Gasteiger partial charge is 0.495 e. The molecule has 1 aliphatic heterocycles. The lowest BCUT2D eigenvalue weighted by Crippen LogP contribution is -2.47. The van der Waals surface area contributed by atoms with E-state index < -0.39 is 0 Å². The molecule has 4 rings (SSSR count). The molecule has 0 atom stereocenters. The molecule has 8 nitrogen and oxygen atoms in total. The zero-order valence-electron chi connectivity index (χ0n) is 19.3. The molecule has 8 heteroatoms. The van der Waals surface area contributed by atoms with E-state index in [1.165, 1.54) is 0 Å². The maximum atomic E-state index is 13.0. The molecule has 1 saturated heterocycles. The number of carbonyl (C=O) groups is 2. The van der Waals surface area contributed by atoms with Crippen LogP contribution in [0.25, 0.3) is 0 Å². The first-order valence-electron chi connectivity index (χ1n) is 11.5. The second-order valence-electron chi connectivity index (χ2n) is 8.39. The maximum Gasteiger partial charge on any atom is 0.253 e. The highest BCUT2D eigenvalue weighted by Gasteiger charge is 2.30. The molecule has 176 valence electrons. The van der Waals surface area contributed by atoms with Gasteiger partial charge in [-0.05, 0) is 43.2 Å². The Hall–Kier alpha value is -3.26. The Morgan fingerprint density at radius 2 is 1.67 bits per heavy atom. The average Bonchev–Trinajstić information content (AvgIpc) is 3.70. The summed E-state index contributed by atoms with van der Waals surface area (Å²) in [6.07, 6.45) is 1.87. The number of rotatable bonds is 9. The van der Waals surface area contributed by atoms with Gasteiger partial charge in [0.25, 0.3) is 5.91 Å². The molecule has 2 aromatic rings. The molecule has 1 saturated carbocycles. The molecule has 2 aliphatic rings. The van der Waals surface area contributed by atoms with Crippen LogP contribution in [0.15, 0.2) is 42.5 Å². The first-order chi connectivity index (χ1) is 16.1. The van der Waals surface area contributed by atoms with Crippen molar-refractivity contribution in [2.45, 2.75) is 12.8 Å². The summed E-state index contributed by atoms with van der Waals surface area (Å²) >= 11 is 0. The van der Waals surface area contributed by atoms with Crippen molar-refractivity contribution in [3.8, 4) is 5.75 Å². The van der Waals surface area contributed by atoms with Gasteiger partial charge in [-0.25, -0.2) is 0 Å². The second-order valence-corrected chi connectivity index (χ2v) is 8.39. The van der Waals surface area contributed by atoms with Crippen LogP contribution < -0.4 is 25.2 Å². The number of anilines is 3. The SMILES string of the molecule is COCCNC(=O)c1cc(NC(=O)C2CC2)ccc1N1CCN(c2ccccc2OC)CC1. The molecular formula is C25H32N4O4. The van der Waals surface area contributed by atoms with Gasteiger partial charge >= 0.3 is 0 Å². The summed E-state index contributed by atoms with van der Waals surface area (Å²) in [5.41, 5.74) is 3.16. The minimum Gasteiger partial charge on any atom is -0.495 e.